The highest BCUT2D eigenvalue weighted by Crippen LogP contribution is 2.21. The molecule has 0 bridgehead atoms. The Morgan fingerprint density at radius 1 is 1.15 bits per heavy atom. The first-order valence-electron chi connectivity index (χ1n) is 8.58. The van der Waals surface area contributed by atoms with Gasteiger partial charge in [0.25, 0.3) is 11.6 Å². The maximum Gasteiger partial charge on any atom is 0.308 e. The van der Waals surface area contributed by atoms with Crippen LogP contribution in [0.4, 0.5) is 5.69 Å². The SMILES string of the molecule is Cc1ccc([N+](=O)[O-])cc1C(=O)NC(CC(=O)OC(C)C)c1ccccc1. The number of hydrogen-bond acceptors (Lipinski definition) is 5. The van der Waals surface area contributed by atoms with Crippen LogP contribution in [0, 0.1) is 17.0 Å². The maximum atomic E-state index is 12.7. The van der Waals surface area contributed by atoms with Crippen LogP contribution in [0.2, 0.25) is 0 Å². The molecule has 2 aromatic rings. The lowest BCUT2D eigenvalue weighted by Crippen LogP contribution is -2.31. The monoisotopic (exact) mass is 370 g/mol. The Morgan fingerprint density at radius 2 is 1.81 bits per heavy atom. The van der Waals surface area contributed by atoms with Crippen molar-refractivity contribution >= 4 is 17.6 Å². The minimum absolute atomic E-state index is 0.0398. The van der Waals surface area contributed by atoms with Gasteiger partial charge in [-0.2, -0.15) is 0 Å². The van der Waals surface area contributed by atoms with Crippen LogP contribution < -0.4 is 5.32 Å². The second kappa shape index (κ2) is 8.93. The van der Waals surface area contributed by atoms with Crippen LogP contribution in [0.1, 0.15) is 47.8 Å². The van der Waals surface area contributed by atoms with Crippen LogP contribution >= 0.6 is 0 Å². The standard InChI is InChI=1S/C20H22N2O5/c1-13(2)27-19(23)12-18(15-7-5-4-6-8-15)21-20(24)17-11-16(22(25)26)10-9-14(17)3/h4-11,13,18H,12H2,1-3H3,(H,21,24). The molecule has 7 nitrogen and oxygen atoms in total. The molecule has 1 unspecified atom stereocenters. The number of hydrogen-bond donors (Lipinski definition) is 1. The fourth-order valence-corrected chi connectivity index (χ4v) is 2.62. The Kier molecular flexibility index (Phi) is 6.65. The van der Waals surface area contributed by atoms with E-state index in [0.717, 1.165) is 5.56 Å². The molecule has 0 fully saturated rings. The third-order valence-corrected chi connectivity index (χ3v) is 3.92. The summed E-state index contributed by atoms with van der Waals surface area (Å²) in [6.45, 7) is 5.20. The molecule has 0 aromatic heterocycles. The molecule has 0 aliphatic heterocycles. The van der Waals surface area contributed by atoms with Crippen LogP contribution in [0.15, 0.2) is 48.5 Å². The molecule has 2 rings (SSSR count). The van der Waals surface area contributed by atoms with Crippen LogP contribution in [-0.2, 0) is 9.53 Å². The minimum Gasteiger partial charge on any atom is -0.463 e. The number of nitro groups is 1. The number of carbonyl (C=O) groups is 2. The third kappa shape index (κ3) is 5.64. The van der Waals surface area contributed by atoms with E-state index in [2.05, 4.69) is 5.32 Å². The zero-order valence-electron chi connectivity index (χ0n) is 15.5. The molecule has 0 saturated carbocycles. The Balaban J connectivity index is 2.27. The number of benzene rings is 2. The quantitative estimate of drug-likeness (QED) is 0.455. The number of nitrogens with zero attached hydrogens (tertiary/aromatic N) is 1. The molecule has 1 atom stereocenters. The molecular weight excluding hydrogens is 348 g/mol. The summed E-state index contributed by atoms with van der Waals surface area (Å²) in [4.78, 5) is 35.3. The van der Waals surface area contributed by atoms with E-state index in [0.29, 0.717) is 5.56 Å². The van der Waals surface area contributed by atoms with Gasteiger partial charge in [0.1, 0.15) is 0 Å². The molecular formula is C20H22N2O5. The van der Waals surface area contributed by atoms with E-state index in [9.17, 15) is 19.7 Å². The van der Waals surface area contributed by atoms with Crippen LogP contribution in [0.3, 0.4) is 0 Å². The summed E-state index contributed by atoms with van der Waals surface area (Å²) < 4.78 is 5.18. The summed E-state index contributed by atoms with van der Waals surface area (Å²) >= 11 is 0. The number of rotatable bonds is 7. The molecule has 0 aliphatic rings. The number of esters is 1. The van der Waals surface area contributed by atoms with E-state index < -0.39 is 22.8 Å². The highest BCUT2D eigenvalue weighted by molar-refractivity contribution is 5.96. The van der Waals surface area contributed by atoms with Crippen molar-refractivity contribution in [3.8, 4) is 0 Å². The van der Waals surface area contributed by atoms with Gasteiger partial charge in [0, 0.05) is 17.7 Å². The summed E-state index contributed by atoms with van der Waals surface area (Å²) in [5.41, 5.74) is 1.38. The van der Waals surface area contributed by atoms with Crippen LogP contribution in [0.25, 0.3) is 0 Å². The predicted octanol–water partition coefficient (Wildman–Crippen LogP) is 3.72. The van der Waals surface area contributed by atoms with Gasteiger partial charge >= 0.3 is 5.97 Å². The van der Waals surface area contributed by atoms with Gasteiger partial charge < -0.3 is 10.1 Å². The number of amides is 1. The predicted molar refractivity (Wildman–Crippen MR) is 100 cm³/mol. The van der Waals surface area contributed by atoms with Crippen molar-refractivity contribution in [3.63, 3.8) is 0 Å². The minimum atomic E-state index is -0.608. The number of ether oxygens (including phenoxy) is 1. The van der Waals surface area contributed by atoms with E-state index >= 15 is 0 Å². The summed E-state index contributed by atoms with van der Waals surface area (Å²) in [6, 6.07) is 12.5. The Labute approximate surface area is 157 Å². The maximum absolute atomic E-state index is 12.7. The van der Waals surface area contributed by atoms with Crippen molar-refractivity contribution in [1.82, 2.24) is 5.32 Å². The average Bonchev–Trinajstić information content (AvgIpc) is 2.61. The molecule has 7 heteroatoms. The molecule has 142 valence electrons. The van der Waals surface area contributed by atoms with Crippen LogP contribution in [0.5, 0.6) is 0 Å². The largest absolute Gasteiger partial charge is 0.463 e. The van der Waals surface area contributed by atoms with Gasteiger partial charge in [-0.3, -0.25) is 19.7 Å². The second-order valence-corrected chi connectivity index (χ2v) is 6.44. The van der Waals surface area contributed by atoms with E-state index in [1.165, 1.54) is 18.2 Å². The van der Waals surface area contributed by atoms with Crippen molar-refractivity contribution in [1.29, 1.82) is 0 Å². The van der Waals surface area contributed by atoms with Crippen molar-refractivity contribution in [3.05, 3.63) is 75.3 Å². The molecule has 0 heterocycles. The van der Waals surface area contributed by atoms with Crippen molar-refractivity contribution in [2.24, 2.45) is 0 Å². The highest BCUT2D eigenvalue weighted by Gasteiger charge is 2.22. The first-order chi connectivity index (χ1) is 12.8. The highest BCUT2D eigenvalue weighted by atomic mass is 16.6. The molecule has 2 aromatic carbocycles. The zero-order valence-corrected chi connectivity index (χ0v) is 15.5. The molecule has 0 spiro atoms. The van der Waals surface area contributed by atoms with Crippen LogP contribution in [-0.4, -0.2) is 22.9 Å². The molecule has 0 radical (unpaired) electrons. The van der Waals surface area contributed by atoms with Gasteiger partial charge in [-0.1, -0.05) is 36.4 Å². The van der Waals surface area contributed by atoms with Gasteiger partial charge in [-0.15, -0.1) is 0 Å². The topological polar surface area (TPSA) is 98.5 Å². The molecule has 1 N–H and O–H groups in total. The van der Waals surface area contributed by atoms with Crippen molar-refractivity contribution in [2.75, 3.05) is 0 Å². The molecule has 27 heavy (non-hydrogen) atoms. The Bertz CT molecular complexity index is 834. The fourth-order valence-electron chi connectivity index (χ4n) is 2.62. The van der Waals surface area contributed by atoms with E-state index in [1.807, 2.05) is 6.07 Å². The van der Waals surface area contributed by atoms with E-state index in [-0.39, 0.29) is 23.8 Å². The lowest BCUT2D eigenvalue weighted by atomic mass is 10.0. The number of carbonyl (C=O) groups excluding carboxylic acids is 2. The average molecular weight is 370 g/mol. The fraction of sp³-hybridized carbons (Fsp3) is 0.300. The van der Waals surface area contributed by atoms with Gasteiger partial charge in [0.2, 0.25) is 0 Å². The second-order valence-electron chi connectivity index (χ2n) is 6.44. The smallest absolute Gasteiger partial charge is 0.308 e. The first-order valence-corrected chi connectivity index (χ1v) is 8.58. The lowest BCUT2D eigenvalue weighted by molar-refractivity contribution is -0.384. The summed E-state index contributed by atoms with van der Waals surface area (Å²) in [7, 11) is 0. The number of non-ortho nitro benzene ring substituents is 1. The van der Waals surface area contributed by atoms with Gasteiger partial charge in [-0.05, 0) is 31.9 Å². The number of nitrogens with one attached hydrogen (secondary N) is 1. The number of nitro benzene ring substituents is 1. The van der Waals surface area contributed by atoms with E-state index in [1.54, 1.807) is 45.0 Å². The first kappa shape index (κ1) is 20.1. The summed E-state index contributed by atoms with van der Waals surface area (Å²) in [5, 5.41) is 13.8. The van der Waals surface area contributed by atoms with Gasteiger partial charge in [0.05, 0.1) is 23.5 Å². The normalized spacial score (nSPS) is 11.7. The molecule has 0 aliphatic carbocycles. The Morgan fingerprint density at radius 3 is 2.41 bits per heavy atom. The lowest BCUT2D eigenvalue weighted by Gasteiger charge is -2.20. The Hall–Kier alpha value is -3.22. The van der Waals surface area contributed by atoms with Gasteiger partial charge in [-0.25, -0.2) is 0 Å². The van der Waals surface area contributed by atoms with Crippen molar-refractivity contribution < 1.29 is 19.2 Å². The summed E-state index contributed by atoms with van der Waals surface area (Å²) in [5.74, 6) is -0.919. The third-order valence-electron chi connectivity index (χ3n) is 3.92. The molecule has 1 amide bonds. The van der Waals surface area contributed by atoms with E-state index in [4.69, 9.17) is 4.74 Å². The van der Waals surface area contributed by atoms with Gasteiger partial charge in [0.15, 0.2) is 0 Å². The molecule has 0 saturated heterocycles. The van der Waals surface area contributed by atoms with Crippen molar-refractivity contribution in [2.45, 2.75) is 39.3 Å². The summed E-state index contributed by atoms with van der Waals surface area (Å²) in [6.07, 6.45) is -0.300. The zero-order chi connectivity index (χ0) is 20.0. The number of aryl methyl sites for hydroxylation is 1.